The molecule has 2 rings (SSSR count). The third-order valence-corrected chi connectivity index (χ3v) is 5.09. The highest BCUT2D eigenvalue weighted by Gasteiger charge is 2.28. The normalized spacial score (nSPS) is 12.0. The molecule has 0 aliphatic heterocycles. The zero-order chi connectivity index (χ0) is 17.1. The summed E-state index contributed by atoms with van der Waals surface area (Å²) in [4.78, 5) is 4.14. The van der Waals surface area contributed by atoms with Gasteiger partial charge in [0.25, 0.3) is 0 Å². The van der Waals surface area contributed by atoms with Crippen LogP contribution in [0.25, 0.3) is 0 Å². The molecule has 124 valence electrons. The first kappa shape index (κ1) is 17.2. The minimum Gasteiger partial charge on any atom is -0.493 e. The van der Waals surface area contributed by atoms with Crippen LogP contribution in [0.2, 0.25) is 0 Å². The Morgan fingerprint density at radius 2 is 1.78 bits per heavy atom. The van der Waals surface area contributed by atoms with Gasteiger partial charge in [-0.25, -0.2) is 13.1 Å². The zero-order valence-electron chi connectivity index (χ0n) is 13.5. The Balaban J connectivity index is 2.36. The van der Waals surface area contributed by atoms with E-state index in [1.165, 1.54) is 26.4 Å². The molecular weight excluding hydrogens is 316 g/mol. The molecule has 2 aromatic rings. The van der Waals surface area contributed by atoms with Gasteiger partial charge in [0.05, 0.1) is 24.7 Å². The Bertz CT molecular complexity index is 774. The second-order valence-corrected chi connectivity index (χ2v) is 7.17. The Hall–Kier alpha value is -2.12. The van der Waals surface area contributed by atoms with Gasteiger partial charge in [-0.2, -0.15) is 0 Å². The number of hydrogen-bond donors (Lipinski definition) is 1. The molecule has 0 radical (unpaired) electrons. The van der Waals surface area contributed by atoms with E-state index in [0.717, 1.165) is 5.56 Å². The summed E-state index contributed by atoms with van der Waals surface area (Å²) in [5.41, 5.74) is -0.0377. The lowest BCUT2D eigenvalue weighted by Crippen LogP contribution is -2.40. The van der Waals surface area contributed by atoms with E-state index in [0.29, 0.717) is 11.5 Å². The van der Waals surface area contributed by atoms with E-state index in [9.17, 15) is 8.42 Å². The van der Waals surface area contributed by atoms with Crippen molar-refractivity contribution in [1.29, 1.82) is 0 Å². The molecule has 0 fully saturated rings. The van der Waals surface area contributed by atoms with Gasteiger partial charge in [0.1, 0.15) is 0 Å². The van der Waals surface area contributed by atoms with E-state index in [1.54, 1.807) is 38.4 Å². The molecular formula is C16H20N2O4S. The average Bonchev–Trinajstić information content (AvgIpc) is 2.54. The molecule has 0 saturated carbocycles. The minimum atomic E-state index is -3.74. The first-order valence-corrected chi connectivity index (χ1v) is 8.45. The Labute approximate surface area is 136 Å². The van der Waals surface area contributed by atoms with Crippen molar-refractivity contribution < 1.29 is 17.9 Å². The predicted octanol–water partition coefficient (Wildman–Crippen LogP) is 2.31. The van der Waals surface area contributed by atoms with Crippen LogP contribution in [-0.2, 0) is 15.6 Å². The molecule has 0 aliphatic carbocycles. The quantitative estimate of drug-likeness (QED) is 0.876. The van der Waals surface area contributed by atoms with Gasteiger partial charge < -0.3 is 9.47 Å². The lowest BCUT2D eigenvalue weighted by molar-refractivity contribution is 0.353. The number of nitrogens with zero attached hydrogens (tertiary/aromatic N) is 1. The number of nitrogens with one attached hydrogen (secondary N) is 1. The number of methoxy groups -OCH3 is 2. The summed E-state index contributed by atoms with van der Waals surface area (Å²) < 4.78 is 38.3. The number of benzene rings is 1. The van der Waals surface area contributed by atoms with Crippen molar-refractivity contribution in [2.24, 2.45) is 0 Å². The highest BCUT2D eigenvalue weighted by Crippen LogP contribution is 2.30. The van der Waals surface area contributed by atoms with Crippen LogP contribution in [0.15, 0.2) is 47.6 Å². The maximum absolute atomic E-state index is 12.7. The largest absolute Gasteiger partial charge is 0.493 e. The summed E-state index contributed by atoms with van der Waals surface area (Å²) in [7, 11) is -0.782. The molecule has 0 saturated heterocycles. The lowest BCUT2D eigenvalue weighted by atomic mass is 9.98. The molecule has 0 bridgehead atoms. The molecule has 23 heavy (non-hydrogen) atoms. The van der Waals surface area contributed by atoms with Crippen LogP contribution in [0.5, 0.6) is 11.5 Å². The number of ether oxygens (including phenoxy) is 2. The summed E-state index contributed by atoms with van der Waals surface area (Å²) >= 11 is 0. The average molecular weight is 336 g/mol. The molecule has 7 heteroatoms. The summed E-state index contributed by atoms with van der Waals surface area (Å²) in [6, 6.07) is 8.06. The van der Waals surface area contributed by atoms with Crippen LogP contribution >= 0.6 is 0 Å². The summed E-state index contributed by atoms with van der Waals surface area (Å²) in [6.07, 6.45) is 3.28. The van der Waals surface area contributed by atoms with Gasteiger partial charge in [0.2, 0.25) is 10.0 Å². The van der Waals surface area contributed by atoms with Crippen molar-refractivity contribution in [3.8, 4) is 11.5 Å². The second kappa shape index (κ2) is 6.55. The topological polar surface area (TPSA) is 77.5 Å². The van der Waals surface area contributed by atoms with Gasteiger partial charge in [-0.15, -0.1) is 0 Å². The van der Waals surface area contributed by atoms with Gasteiger partial charge in [-0.1, -0.05) is 6.07 Å². The van der Waals surface area contributed by atoms with Crippen molar-refractivity contribution in [2.45, 2.75) is 24.3 Å². The van der Waals surface area contributed by atoms with Crippen LogP contribution in [0.4, 0.5) is 0 Å². The molecule has 1 heterocycles. The Morgan fingerprint density at radius 3 is 2.35 bits per heavy atom. The predicted molar refractivity (Wildman–Crippen MR) is 87.1 cm³/mol. The number of aromatic nitrogens is 1. The van der Waals surface area contributed by atoms with E-state index in [4.69, 9.17) is 9.47 Å². The van der Waals surface area contributed by atoms with Crippen LogP contribution in [0.3, 0.4) is 0 Å². The minimum absolute atomic E-state index is 0.104. The number of rotatable bonds is 6. The van der Waals surface area contributed by atoms with E-state index in [-0.39, 0.29) is 4.90 Å². The molecule has 0 amide bonds. The zero-order valence-corrected chi connectivity index (χ0v) is 14.3. The third kappa shape index (κ3) is 3.80. The fourth-order valence-corrected chi connectivity index (χ4v) is 3.59. The van der Waals surface area contributed by atoms with E-state index < -0.39 is 15.6 Å². The SMILES string of the molecule is COc1ccc(S(=O)(=O)NC(C)(C)c2cccnc2)cc1OC. The molecule has 6 nitrogen and oxygen atoms in total. The highest BCUT2D eigenvalue weighted by molar-refractivity contribution is 7.89. The van der Waals surface area contributed by atoms with Crippen molar-refractivity contribution in [3.05, 3.63) is 48.3 Å². The van der Waals surface area contributed by atoms with Crippen molar-refractivity contribution in [3.63, 3.8) is 0 Å². The summed E-state index contributed by atoms with van der Waals surface area (Å²) in [6.45, 7) is 3.56. The van der Waals surface area contributed by atoms with Crippen LogP contribution < -0.4 is 14.2 Å². The third-order valence-electron chi connectivity index (χ3n) is 3.44. The van der Waals surface area contributed by atoms with Gasteiger partial charge in [-0.05, 0) is 37.6 Å². The van der Waals surface area contributed by atoms with Gasteiger partial charge in [-0.3, -0.25) is 4.98 Å². The fraction of sp³-hybridized carbons (Fsp3) is 0.312. The smallest absolute Gasteiger partial charge is 0.241 e. The molecule has 1 aromatic heterocycles. The molecule has 0 aliphatic rings. The first-order valence-electron chi connectivity index (χ1n) is 6.96. The second-order valence-electron chi connectivity index (χ2n) is 5.49. The standard InChI is InChI=1S/C16H20N2O4S/c1-16(2,12-6-5-9-17-11-12)18-23(19,20)13-7-8-14(21-3)15(10-13)22-4/h5-11,18H,1-4H3. The summed E-state index contributed by atoms with van der Waals surface area (Å²) in [5.74, 6) is 0.826. The maximum Gasteiger partial charge on any atom is 0.241 e. The lowest BCUT2D eigenvalue weighted by Gasteiger charge is -2.26. The van der Waals surface area contributed by atoms with Gasteiger partial charge in [0, 0.05) is 18.5 Å². The molecule has 1 aromatic carbocycles. The van der Waals surface area contributed by atoms with E-state index >= 15 is 0 Å². The molecule has 0 spiro atoms. The Kier molecular flexibility index (Phi) is 4.91. The van der Waals surface area contributed by atoms with E-state index in [2.05, 4.69) is 9.71 Å². The van der Waals surface area contributed by atoms with Gasteiger partial charge >= 0.3 is 0 Å². The van der Waals surface area contributed by atoms with E-state index in [1.807, 2.05) is 6.07 Å². The van der Waals surface area contributed by atoms with Crippen molar-refractivity contribution in [2.75, 3.05) is 14.2 Å². The van der Waals surface area contributed by atoms with Crippen LogP contribution in [-0.4, -0.2) is 27.6 Å². The van der Waals surface area contributed by atoms with Crippen LogP contribution in [0.1, 0.15) is 19.4 Å². The maximum atomic E-state index is 12.7. The van der Waals surface area contributed by atoms with Crippen LogP contribution in [0, 0.1) is 0 Å². The highest BCUT2D eigenvalue weighted by atomic mass is 32.2. The Morgan fingerprint density at radius 1 is 1.09 bits per heavy atom. The monoisotopic (exact) mass is 336 g/mol. The van der Waals surface area contributed by atoms with Crippen molar-refractivity contribution >= 4 is 10.0 Å². The molecule has 0 atom stereocenters. The number of pyridine rings is 1. The van der Waals surface area contributed by atoms with Crippen molar-refractivity contribution in [1.82, 2.24) is 9.71 Å². The molecule has 0 unspecified atom stereocenters. The number of hydrogen-bond acceptors (Lipinski definition) is 5. The fourth-order valence-electron chi connectivity index (χ4n) is 2.17. The molecule has 1 N–H and O–H groups in total. The van der Waals surface area contributed by atoms with Gasteiger partial charge in [0.15, 0.2) is 11.5 Å². The first-order chi connectivity index (χ1) is 10.8. The summed E-state index contributed by atoms with van der Waals surface area (Å²) in [5, 5.41) is 0. The number of sulfonamides is 1.